The molecule has 2 aliphatic rings. The minimum absolute atomic E-state index is 0.102. The van der Waals surface area contributed by atoms with Crippen molar-refractivity contribution in [2.24, 2.45) is 10.7 Å². The Balaban J connectivity index is 0.000000392. The minimum atomic E-state index is -0.102. The minimum Gasteiger partial charge on any atom is -0.387 e. The highest BCUT2D eigenvalue weighted by Gasteiger charge is 2.35. The van der Waals surface area contributed by atoms with Crippen LogP contribution in [0.5, 0.6) is 0 Å². The predicted octanol–water partition coefficient (Wildman–Crippen LogP) is 6.54. The lowest BCUT2D eigenvalue weighted by Crippen LogP contribution is -2.42. The van der Waals surface area contributed by atoms with Gasteiger partial charge in [-0.25, -0.2) is 9.79 Å². The first kappa shape index (κ1) is 27.7. The summed E-state index contributed by atoms with van der Waals surface area (Å²) in [6.45, 7) is 5.32. The number of carbonyl (C=O) groups is 1. The van der Waals surface area contributed by atoms with Crippen molar-refractivity contribution in [3.63, 3.8) is 0 Å². The van der Waals surface area contributed by atoms with Crippen molar-refractivity contribution in [1.82, 2.24) is 4.90 Å². The number of carbonyl (C=O) groups excluding carboxylic acids is 1. The molecule has 2 aliphatic heterocycles. The third kappa shape index (κ3) is 8.35. The van der Waals surface area contributed by atoms with Crippen LogP contribution in [0.15, 0.2) is 59.6 Å². The number of fused-ring (bicyclic) bond motifs is 2. The molecule has 2 heterocycles. The smallest absolute Gasteiger partial charge is 0.326 e. The fourth-order valence-electron chi connectivity index (χ4n) is 4.97. The summed E-state index contributed by atoms with van der Waals surface area (Å²) in [6, 6.07) is 18.6. The van der Waals surface area contributed by atoms with E-state index in [0.29, 0.717) is 29.7 Å². The molecule has 2 aromatic carbocycles. The topological polar surface area (TPSA) is 97.8 Å². The van der Waals surface area contributed by atoms with Crippen molar-refractivity contribution in [3.8, 4) is 0 Å². The number of anilines is 2. The van der Waals surface area contributed by atoms with E-state index in [1.165, 1.54) is 32.1 Å². The van der Waals surface area contributed by atoms with Gasteiger partial charge in [0.2, 0.25) is 0 Å². The zero-order valence-electron chi connectivity index (χ0n) is 21.4. The summed E-state index contributed by atoms with van der Waals surface area (Å²) in [7, 11) is 0. The van der Waals surface area contributed by atoms with Crippen LogP contribution < -0.4 is 16.0 Å². The van der Waals surface area contributed by atoms with Crippen LogP contribution in [-0.4, -0.2) is 47.8 Å². The quantitative estimate of drug-likeness (QED) is 0.291. The average molecular weight is 511 g/mol. The molecule has 2 bridgehead atoms. The number of nitrogens with zero attached hydrogens (tertiary/aromatic N) is 3. The monoisotopic (exact) mass is 510 g/mol. The Morgan fingerprint density at radius 1 is 1.11 bits per heavy atom. The summed E-state index contributed by atoms with van der Waals surface area (Å²) in [4.78, 5) is 21.2. The highest BCUT2D eigenvalue weighted by atomic mass is 35.5. The van der Waals surface area contributed by atoms with Crippen molar-refractivity contribution in [2.45, 2.75) is 70.9 Å². The fourth-order valence-corrected chi connectivity index (χ4v) is 5.10. The van der Waals surface area contributed by atoms with Crippen molar-refractivity contribution in [1.29, 1.82) is 5.41 Å². The molecule has 0 spiro atoms. The number of amides is 2. The van der Waals surface area contributed by atoms with Gasteiger partial charge in [-0.3, -0.25) is 15.2 Å². The Labute approximate surface area is 220 Å². The Kier molecular flexibility index (Phi) is 10.8. The van der Waals surface area contributed by atoms with Crippen molar-refractivity contribution in [3.05, 3.63) is 59.6 Å². The van der Waals surface area contributed by atoms with E-state index < -0.39 is 0 Å². The molecule has 0 aliphatic carbocycles. The van der Waals surface area contributed by atoms with E-state index >= 15 is 0 Å². The normalized spacial score (nSPS) is 19.2. The lowest BCUT2D eigenvalue weighted by molar-refractivity contribution is 0.139. The third-order valence-corrected chi connectivity index (χ3v) is 6.95. The van der Waals surface area contributed by atoms with Crippen LogP contribution in [0, 0.1) is 5.41 Å². The van der Waals surface area contributed by atoms with Crippen molar-refractivity contribution in [2.75, 3.05) is 23.3 Å². The number of nitrogens with one attached hydrogen (secondary N) is 2. The molecule has 0 radical (unpaired) electrons. The van der Waals surface area contributed by atoms with Crippen LogP contribution >= 0.6 is 11.6 Å². The van der Waals surface area contributed by atoms with E-state index in [0.717, 1.165) is 36.4 Å². The van der Waals surface area contributed by atoms with Gasteiger partial charge in [0.15, 0.2) is 0 Å². The summed E-state index contributed by atoms with van der Waals surface area (Å²) < 4.78 is 0. The molecule has 2 saturated heterocycles. The first-order chi connectivity index (χ1) is 17.4. The number of para-hydroxylation sites is 1. The third-order valence-electron chi connectivity index (χ3n) is 6.70. The Hall–Kier alpha value is -2.90. The number of rotatable bonds is 7. The molecule has 2 fully saturated rings. The van der Waals surface area contributed by atoms with E-state index in [9.17, 15) is 4.79 Å². The average Bonchev–Trinajstić information content (AvgIpc) is 3.08. The van der Waals surface area contributed by atoms with Gasteiger partial charge in [0.05, 0.1) is 5.84 Å². The molecule has 0 aromatic heterocycles. The van der Waals surface area contributed by atoms with E-state index in [1.807, 2.05) is 54.3 Å². The Morgan fingerprint density at radius 3 is 2.31 bits per heavy atom. The molecular formula is C28H39ClN6O. The van der Waals surface area contributed by atoms with Gasteiger partial charge in [0.25, 0.3) is 0 Å². The maximum absolute atomic E-state index is 13.0. The van der Waals surface area contributed by atoms with E-state index in [1.54, 1.807) is 19.1 Å². The largest absolute Gasteiger partial charge is 0.387 e. The van der Waals surface area contributed by atoms with Gasteiger partial charge in [-0.2, -0.15) is 0 Å². The molecular weight excluding hydrogens is 472 g/mol. The molecule has 4 rings (SSSR count). The van der Waals surface area contributed by atoms with E-state index in [-0.39, 0.29) is 6.03 Å². The van der Waals surface area contributed by atoms with Gasteiger partial charge in [-0.15, -0.1) is 0 Å². The number of hydrogen-bond donors (Lipinski definition) is 3. The number of nitrogens with two attached hydrogens (primary N) is 1. The lowest BCUT2D eigenvalue weighted by atomic mass is 10.0. The van der Waals surface area contributed by atoms with Crippen LogP contribution in [0.4, 0.5) is 16.2 Å². The highest BCUT2D eigenvalue weighted by molar-refractivity contribution is 6.30. The standard InChI is InChI=1S/C23H28ClN3O.C5H11N3/c24-18-10-12-19(13-11-18)25-23(28)27(20-6-2-1-3-7-20)17-5-16-26-21-8-4-9-22(26)15-14-21;1-3-5(7)8-4(2)6/h1-3,6-7,10-13,21-22H,4-5,8-9,14-17H2,(H,25,28);3H2,1-2H3,(H3,6,7,8)/t21-,22?;/m1./s1. The number of aliphatic imine (C=N–C) groups is 1. The van der Waals surface area contributed by atoms with Crippen LogP contribution in [0.2, 0.25) is 5.02 Å². The van der Waals surface area contributed by atoms with E-state index in [2.05, 4.69) is 15.2 Å². The van der Waals surface area contributed by atoms with Gasteiger partial charge in [-0.1, -0.05) is 43.1 Å². The second kappa shape index (κ2) is 14.0. The number of halogens is 1. The molecule has 2 atom stereocenters. The second-order valence-corrected chi connectivity index (χ2v) is 9.82. The van der Waals surface area contributed by atoms with Crippen molar-refractivity contribution < 1.29 is 4.79 Å². The van der Waals surface area contributed by atoms with Crippen LogP contribution in [-0.2, 0) is 0 Å². The van der Waals surface area contributed by atoms with Crippen molar-refractivity contribution >= 4 is 40.7 Å². The van der Waals surface area contributed by atoms with Crippen LogP contribution in [0.3, 0.4) is 0 Å². The summed E-state index contributed by atoms with van der Waals surface area (Å²) in [5.74, 6) is 0.793. The molecule has 1 unspecified atom stereocenters. The van der Waals surface area contributed by atoms with Gasteiger partial charge in [0, 0.05) is 48.0 Å². The number of benzene rings is 2. The maximum atomic E-state index is 13.0. The van der Waals surface area contributed by atoms with Crippen LogP contribution in [0.1, 0.15) is 58.8 Å². The zero-order chi connectivity index (χ0) is 25.9. The highest BCUT2D eigenvalue weighted by Crippen LogP contribution is 2.35. The van der Waals surface area contributed by atoms with Gasteiger partial charge in [-0.05, 0) is 75.4 Å². The SMILES string of the molecule is CCC(=N)N=C(C)N.O=C(Nc1ccc(Cl)cc1)N(CCCN1C2CCC[C@@H]1CC2)c1ccccc1. The fraction of sp³-hybridized carbons (Fsp3) is 0.464. The predicted molar refractivity (Wildman–Crippen MR) is 152 cm³/mol. The lowest BCUT2D eigenvalue weighted by Gasteiger charge is -2.35. The molecule has 2 amide bonds. The molecule has 8 heteroatoms. The number of urea groups is 1. The number of piperidine rings is 1. The van der Waals surface area contributed by atoms with Crippen LogP contribution in [0.25, 0.3) is 0 Å². The summed E-state index contributed by atoms with van der Waals surface area (Å²) in [5.41, 5.74) is 6.86. The molecule has 0 saturated carbocycles. The van der Waals surface area contributed by atoms with Gasteiger partial charge in [0.1, 0.15) is 5.84 Å². The second-order valence-electron chi connectivity index (χ2n) is 9.38. The summed E-state index contributed by atoms with van der Waals surface area (Å²) in [6.07, 6.45) is 8.40. The number of hydrogen-bond acceptors (Lipinski definition) is 3. The zero-order valence-corrected chi connectivity index (χ0v) is 22.2. The number of amidine groups is 2. The summed E-state index contributed by atoms with van der Waals surface area (Å²) in [5, 5.41) is 10.7. The van der Waals surface area contributed by atoms with Gasteiger partial charge < -0.3 is 11.1 Å². The first-order valence-corrected chi connectivity index (χ1v) is 13.3. The first-order valence-electron chi connectivity index (χ1n) is 12.9. The van der Waals surface area contributed by atoms with E-state index in [4.69, 9.17) is 22.7 Å². The summed E-state index contributed by atoms with van der Waals surface area (Å²) >= 11 is 5.95. The Bertz CT molecular complexity index is 990. The molecule has 4 N–H and O–H groups in total. The maximum Gasteiger partial charge on any atom is 0.326 e. The van der Waals surface area contributed by atoms with Gasteiger partial charge >= 0.3 is 6.03 Å². The molecule has 7 nitrogen and oxygen atoms in total. The molecule has 194 valence electrons. The molecule has 2 aromatic rings. The molecule has 36 heavy (non-hydrogen) atoms. The Morgan fingerprint density at radius 2 is 1.75 bits per heavy atom.